The van der Waals surface area contributed by atoms with Crippen molar-refractivity contribution in [2.75, 3.05) is 5.43 Å². The number of aromatic nitrogens is 1. The van der Waals surface area contributed by atoms with Gasteiger partial charge in [0, 0.05) is 16.5 Å². The topological polar surface area (TPSA) is 91.3 Å². The number of hydrogen-bond donors (Lipinski definition) is 1. The highest BCUT2D eigenvalue weighted by Gasteiger charge is 2.24. The third-order valence-corrected chi connectivity index (χ3v) is 3.17. The minimum atomic E-state index is -0.812. The van der Waals surface area contributed by atoms with Gasteiger partial charge in [0.2, 0.25) is 0 Å². The third kappa shape index (κ3) is 4.18. The summed E-state index contributed by atoms with van der Waals surface area (Å²) < 4.78 is 5.23. The van der Waals surface area contributed by atoms with Gasteiger partial charge >= 0.3 is 0 Å². The molecule has 2 aromatic rings. The fourth-order valence-corrected chi connectivity index (χ4v) is 1.89. The summed E-state index contributed by atoms with van der Waals surface area (Å²) in [4.78, 5) is 11.8. The molecule has 0 saturated carbocycles. The van der Waals surface area contributed by atoms with E-state index in [2.05, 4.69) is 15.7 Å². The van der Waals surface area contributed by atoms with Crippen LogP contribution in [0.25, 0.3) is 0 Å². The van der Waals surface area contributed by atoms with Gasteiger partial charge in [-0.1, -0.05) is 43.6 Å². The molecular weight excluding hydrogens is 316 g/mol. The zero-order valence-corrected chi connectivity index (χ0v) is 13.7. The molecule has 118 valence electrons. The second-order valence-corrected chi connectivity index (χ2v) is 6.29. The van der Waals surface area contributed by atoms with E-state index in [-0.39, 0.29) is 16.8 Å². The first kappa shape index (κ1) is 16.7. The van der Waals surface area contributed by atoms with Crippen molar-refractivity contribution in [1.82, 2.24) is 5.16 Å². The predicted octanol–water partition coefficient (Wildman–Crippen LogP) is 3.53. The molecule has 0 aliphatic rings. The Hall–Kier alpha value is -2.65. The van der Waals surface area contributed by atoms with Gasteiger partial charge in [0.1, 0.15) is 17.5 Å². The summed E-state index contributed by atoms with van der Waals surface area (Å²) in [6.07, 6.45) is 0. The fraction of sp³-hybridized carbons (Fsp3) is 0.250. The normalized spacial score (nSPS) is 11.9. The van der Waals surface area contributed by atoms with Gasteiger partial charge in [-0.25, -0.2) is 0 Å². The van der Waals surface area contributed by atoms with Crippen molar-refractivity contribution in [1.29, 1.82) is 5.26 Å². The SMILES string of the molecule is CC(C)(C)c1cc(C(=NNc2cccc(Cl)c2)C(=O)C#N)no1. The molecule has 7 heteroatoms. The maximum atomic E-state index is 11.8. The molecule has 1 aromatic carbocycles. The van der Waals surface area contributed by atoms with Crippen LogP contribution in [0.1, 0.15) is 32.2 Å². The first-order valence-corrected chi connectivity index (χ1v) is 7.20. The van der Waals surface area contributed by atoms with E-state index in [9.17, 15) is 4.79 Å². The van der Waals surface area contributed by atoms with Crippen LogP contribution in [0.2, 0.25) is 5.02 Å². The summed E-state index contributed by atoms with van der Waals surface area (Å²) in [5.41, 5.74) is 3.10. The van der Waals surface area contributed by atoms with Gasteiger partial charge in [-0.2, -0.15) is 10.4 Å². The van der Waals surface area contributed by atoms with Crippen molar-refractivity contribution in [2.24, 2.45) is 5.10 Å². The van der Waals surface area contributed by atoms with Crippen LogP contribution >= 0.6 is 11.6 Å². The zero-order chi connectivity index (χ0) is 17.0. The van der Waals surface area contributed by atoms with Crippen LogP contribution in [-0.2, 0) is 10.2 Å². The quantitative estimate of drug-likeness (QED) is 0.526. The van der Waals surface area contributed by atoms with Crippen LogP contribution in [0.3, 0.4) is 0 Å². The number of carbonyl (C=O) groups excluding carboxylic acids is 1. The second-order valence-electron chi connectivity index (χ2n) is 5.85. The van der Waals surface area contributed by atoms with Crippen LogP contribution in [0.15, 0.2) is 40.0 Å². The Balaban J connectivity index is 2.34. The van der Waals surface area contributed by atoms with Crippen LogP contribution in [-0.4, -0.2) is 16.7 Å². The van der Waals surface area contributed by atoms with E-state index < -0.39 is 5.78 Å². The number of halogens is 1. The molecule has 1 heterocycles. The minimum absolute atomic E-state index is 0.119. The largest absolute Gasteiger partial charge is 0.360 e. The number of ketones is 1. The van der Waals surface area contributed by atoms with Crippen molar-refractivity contribution in [2.45, 2.75) is 26.2 Å². The molecule has 0 aliphatic carbocycles. The van der Waals surface area contributed by atoms with Crippen molar-refractivity contribution >= 4 is 28.8 Å². The summed E-state index contributed by atoms with van der Waals surface area (Å²) in [5, 5.41) is 17.2. The molecule has 0 atom stereocenters. The summed E-state index contributed by atoms with van der Waals surface area (Å²) in [6.45, 7) is 5.85. The van der Waals surface area contributed by atoms with Crippen LogP contribution in [0, 0.1) is 11.3 Å². The lowest BCUT2D eigenvalue weighted by atomic mass is 9.93. The molecule has 2 rings (SSSR count). The molecule has 0 fully saturated rings. The lowest BCUT2D eigenvalue weighted by Crippen LogP contribution is -2.16. The monoisotopic (exact) mass is 330 g/mol. The number of hydrogen-bond acceptors (Lipinski definition) is 6. The first-order valence-electron chi connectivity index (χ1n) is 6.82. The highest BCUT2D eigenvalue weighted by Crippen LogP contribution is 2.23. The number of nitrogens with one attached hydrogen (secondary N) is 1. The molecule has 0 amide bonds. The molecule has 1 N–H and O–H groups in total. The van der Waals surface area contributed by atoms with Crippen molar-refractivity contribution < 1.29 is 9.32 Å². The predicted molar refractivity (Wildman–Crippen MR) is 87.4 cm³/mol. The molecule has 0 aliphatic heterocycles. The van der Waals surface area contributed by atoms with E-state index in [1.165, 1.54) is 0 Å². The van der Waals surface area contributed by atoms with Gasteiger partial charge in [0.15, 0.2) is 5.71 Å². The number of Topliss-reactive ketones (excluding diaryl/α,β-unsaturated/α-hetero) is 1. The Labute approximate surface area is 138 Å². The number of hydrazone groups is 1. The summed E-state index contributed by atoms with van der Waals surface area (Å²) in [5.74, 6) is -0.220. The smallest absolute Gasteiger partial charge is 0.284 e. The minimum Gasteiger partial charge on any atom is -0.360 e. The summed E-state index contributed by atoms with van der Waals surface area (Å²) in [7, 11) is 0. The van der Waals surface area contributed by atoms with Gasteiger partial charge in [0.05, 0.1) is 5.69 Å². The second kappa shape index (κ2) is 6.63. The van der Waals surface area contributed by atoms with Gasteiger partial charge in [-0.3, -0.25) is 10.2 Å². The van der Waals surface area contributed by atoms with E-state index >= 15 is 0 Å². The molecule has 0 radical (unpaired) electrons. The number of carbonyl (C=O) groups is 1. The maximum absolute atomic E-state index is 11.8. The molecule has 23 heavy (non-hydrogen) atoms. The third-order valence-electron chi connectivity index (χ3n) is 2.93. The van der Waals surface area contributed by atoms with Crippen LogP contribution in [0.5, 0.6) is 0 Å². The van der Waals surface area contributed by atoms with Crippen molar-refractivity contribution in [3.05, 3.63) is 46.8 Å². The first-order chi connectivity index (χ1) is 10.8. The highest BCUT2D eigenvalue weighted by atomic mass is 35.5. The van der Waals surface area contributed by atoms with Gasteiger partial charge in [-0.05, 0) is 18.2 Å². The highest BCUT2D eigenvalue weighted by molar-refractivity contribution is 6.50. The fourth-order valence-electron chi connectivity index (χ4n) is 1.70. The van der Waals surface area contributed by atoms with Gasteiger partial charge in [0.25, 0.3) is 5.78 Å². The molecule has 1 aromatic heterocycles. The molecule has 6 nitrogen and oxygen atoms in total. The molecule has 0 bridgehead atoms. The van der Waals surface area contributed by atoms with E-state index in [1.54, 1.807) is 36.4 Å². The number of benzene rings is 1. The summed E-state index contributed by atoms with van der Waals surface area (Å²) >= 11 is 5.89. The number of nitriles is 1. The van der Waals surface area contributed by atoms with Gasteiger partial charge in [-0.15, -0.1) is 0 Å². The van der Waals surface area contributed by atoms with Crippen molar-refractivity contribution in [3.8, 4) is 6.07 Å². The van der Waals surface area contributed by atoms with Crippen LogP contribution < -0.4 is 5.43 Å². The Morgan fingerprint density at radius 3 is 2.70 bits per heavy atom. The summed E-state index contributed by atoms with van der Waals surface area (Å²) in [6, 6.07) is 9.97. The van der Waals surface area contributed by atoms with E-state index in [1.807, 2.05) is 20.8 Å². The average Bonchev–Trinajstić information content (AvgIpc) is 2.97. The molecular formula is C16H15ClN4O2. The van der Waals surface area contributed by atoms with E-state index in [4.69, 9.17) is 21.4 Å². The van der Waals surface area contributed by atoms with E-state index in [0.717, 1.165) is 0 Å². The Morgan fingerprint density at radius 2 is 2.13 bits per heavy atom. The number of nitrogens with zero attached hydrogens (tertiary/aromatic N) is 3. The lowest BCUT2D eigenvalue weighted by Gasteiger charge is -2.12. The molecule has 0 saturated heterocycles. The standard InChI is InChI=1S/C16H15ClN4O2/c1-16(2,3)14-8-12(21-23-14)15(13(22)9-18)20-19-11-6-4-5-10(17)7-11/h4-8,19H,1-3H3. The lowest BCUT2D eigenvalue weighted by molar-refractivity contribution is -0.108. The van der Waals surface area contributed by atoms with Gasteiger partial charge < -0.3 is 4.52 Å². The Bertz CT molecular complexity index is 797. The van der Waals surface area contributed by atoms with Crippen molar-refractivity contribution in [3.63, 3.8) is 0 Å². The molecule has 0 unspecified atom stereocenters. The van der Waals surface area contributed by atoms with E-state index in [0.29, 0.717) is 16.5 Å². The van der Waals surface area contributed by atoms with Crippen LogP contribution in [0.4, 0.5) is 5.69 Å². The number of rotatable bonds is 4. The average molecular weight is 331 g/mol. The number of anilines is 1. The maximum Gasteiger partial charge on any atom is 0.284 e. The Morgan fingerprint density at radius 1 is 1.39 bits per heavy atom. The zero-order valence-electron chi connectivity index (χ0n) is 12.9. The molecule has 0 spiro atoms. The Kier molecular flexibility index (Phi) is 4.82.